The summed E-state index contributed by atoms with van der Waals surface area (Å²) in [4.78, 5) is 14.3. The summed E-state index contributed by atoms with van der Waals surface area (Å²) < 4.78 is 8.74. The van der Waals surface area contributed by atoms with Crippen LogP contribution in [0, 0.1) is 0 Å². The van der Waals surface area contributed by atoms with Crippen LogP contribution in [0.1, 0.15) is 0 Å². The predicted molar refractivity (Wildman–Crippen MR) is 31.9 cm³/mol. The van der Waals surface area contributed by atoms with Crippen LogP contribution in [0.5, 0.6) is 0 Å². The summed E-state index contributed by atoms with van der Waals surface area (Å²) in [6.45, 7) is 0. The van der Waals surface area contributed by atoms with Crippen molar-refractivity contribution in [2.45, 2.75) is 0 Å². The molecule has 0 aromatic heterocycles. The maximum atomic E-state index is 8.74. The van der Waals surface area contributed by atoms with Crippen LogP contribution in [0.25, 0.3) is 0 Å². The molecule has 0 bridgehead atoms. The van der Waals surface area contributed by atoms with Gasteiger partial charge in [0.2, 0.25) is 0 Å². The van der Waals surface area contributed by atoms with E-state index in [-0.39, 0.29) is 53.5 Å². The molecule has 6 heavy (non-hydrogen) atoms. The molecule has 0 aliphatic rings. The van der Waals surface area contributed by atoms with Gasteiger partial charge < -0.3 is 9.79 Å². The molecule has 0 spiro atoms. The second-order valence-electron chi connectivity index (χ2n) is 0.283. The van der Waals surface area contributed by atoms with Crippen LogP contribution >= 0.6 is 8.25 Å². The van der Waals surface area contributed by atoms with E-state index in [1.165, 1.54) is 0 Å². The Labute approximate surface area is 75.3 Å². The van der Waals surface area contributed by atoms with Crippen molar-refractivity contribution >= 4 is 61.7 Å². The van der Waals surface area contributed by atoms with Crippen LogP contribution in [0.15, 0.2) is 0 Å². The fourth-order valence-electron chi connectivity index (χ4n) is 0. The van der Waals surface area contributed by atoms with Crippen LogP contribution in [0.2, 0.25) is 0 Å². The van der Waals surface area contributed by atoms with Gasteiger partial charge in [0, 0.05) is 0 Å². The van der Waals surface area contributed by atoms with E-state index in [0.29, 0.717) is 0 Å². The number of hydrogen-bond donors (Lipinski definition) is 2. The summed E-state index contributed by atoms with van der Waals surface area (Å²) >= 11 is 0. The van der Waals surface area contributed by atoms with Crippen LogP contribution in [0.3, 0.4) is 0 Å². The van der Waals surface area contributed by atoms with Crippen molar-refractivity contribution in [3.8, 4) is 0 Å². The molecule has 0 saturated heterocycles. The molecular weight excluding hydrogens is 221 g/mol. The van der Waals surface area contributed by atoms with Crippen LogP contribution in [-0.2, 0) is 4.57 Å². The van der Waals surface area contributed by atoms with E-state index in [0.717, 1.165) is 0 Å². The molecule has 0 unspecified atom stereocenters. The average molecular weight is 229 g/mol. The standard InChI is InChI=1S/Na.H3O3P.Sn.5H/c;1-4(2)3;;;;;;/h;4H,(H2,1,2,3);;;;;;. The first-order valence-corrected chi connectivity index (χ1v) is 1.95. The molecule has 0 fully saturated rings. The number of hydrogen-bond acceptors (Lipinski definition) is 1. The third kappa shape index (κ3) is 38.4. The average Bonchev–Trinajstić information content (AvgIpc) is 0.811. The second kappa shape index (κ2) is 10.0. The fourth-order valence-corrected chi connectivity index (χ4v) is 0. The molecule has 0 saturated carbocycles. The van der Waals surface area contributed by atoms with Gasteiger partial charge in [0.25, 0.3) is 0 Å². The topological polar surface area (TPSA) is 57.5 Å². The quantitative estimate of drug-likeness (QED) is 0.350. The minimum absolute atomic E-state index is 0. The fraction of sp³-hybridized carbons (Fsp3) is 0. The van der Waals surface area contributed by atoms with Crippen molar-refractivity contribution < 1.29 is 14.4 Å². The van der Waals surface area contributed by atoms with E-state index in [9.17, 15) is 0 Å². The van der Waals surface area contributed by atoms with Gasteiger partial charge >= 0.3 is 61.7 Å². The van der Waals surface area contributed by atoms with E-state index in [1.807, 2.05) is 0 Å². The Kier molecular flexibility index (Phi) is 26.2. The molecule has 0 aromatic carbocycles. The Hall–Kier alpha value is 1.95. The molecule has 0 rings (SSSR count). The first-order valence-electron chi connectivity index (χ1n) is 0.651. The van der Waals surface area contributed by atoms with Crippen molar-refractivity contribution in [2.75, 3.05) is 0 Å². The normalized spacial score (nSPS) is 5.83. The van der Waals surface area contributed by atoms with Gasteiger partial charge in [-0.1, -0.05) is 0 Å². The second-order valence-corrected chi connectivity index (χ2v) is 0.848. The van der Waals surface area contributed by atoms with E-state index >= 15 is 0 Å². The van der Waals surface area contributed by atoms with Gasteiger partial charge in [-0.3, -0.25) is 4.57 Å². The first-order chi connectivity index (χ1) is 1.73. The van der Waals surface area contributed by atoms with E-state index < -0.39 is 8.25 Å². The molecule has 0 atom stereocenters. The monoisotopic (exact) mass is 230 g/mol. The van der Waals surface area contributed by atoms with Gasteiger partial charge in [0.15, 0.2) is 0 Å². The molecule has 2 N–H and O–H groups in total. The Balaban J connectivity index is -0.0000000450. The van der Waals surface area contributed by atoms with E-state index in [2.05, 4.69) is 0 Å². The zero-order valence-electron chi connectivity index (χ0n) is 1.80. The SMILES string of the molecule is O=[PH](O)O.[NaH].[SnH4]. The molecule has 0 amide bonds. The van der Waals surface area contributed by atoms with Crippen LogP contribution < -0.4 is 0 Å². The van der Waals surface area contributed by atoms with E-state index in [4.69, 9.17) is 14.4 Å². The molecule has 0 aliphatic heterocycles. The Morgan fingerprint density at radius 1 is 1.33 bits per heavy atom. The molecule has 36 valence electrons. The summed E-state index contributed by atoms with van der Waals surface area (Å²) in [5.41, 5.74) is 0. The van der Waals surface area contributed by atoms with Crippen molar-refractivity contribution in [2.24, 2.45) is 0 Å². The van der Waals surface area contributed by atoms with Gasteiger partial charge in [0.1, 0.15) is 0 Å². The third-order valence-corrected chi connectivity index (χ3v) is 0. The summed E-state index contributed by atoms with van der Waals surface area (Å²) in [5.74, 6) is 0. The van der Waals surface area contributed by atoms with Crippen LogP contribution in [-0.4, -0.2) is 63.3 Å². The molecule has 6 heteroatoms. The number of rotatable bonds is 0. The Morgan fingerprint density at radius 2 is 1.33 bits per heavy atom. The summed E-state index contributed by atoms with van der Waals surface area (Å²) in [5, 5.41) is 0. The summed E-state index contributed by atoms with van der Waals surface area (Å²) in [6.07, 6.45) is 0. The molecule has 0 radical (unpaired) electrons. The zero-order chi connectivity index (χ0) is 3.58. The maximum absolute atomic E-state index is 8.74. The third-order valence-electron chi connectivity index (χ3n) is 0. The van der Waals surface area contributed by atoms with Gasteiger partial charge in [0.05, 0.1) is 0 Å². The van der Waals surface area contributed by atoms with Gasteiger partial charge in [-0.15, -0.1) is 0 Å². The van der Waals surface area contributed by atoms with Crippen molar-refractivity contribution in [1.29, 1.82) is 0 Å². The minimum atomic E-state index is -3.13. The predicted octanol–water partition coefficient (Wildman–Crippen LogP) is -2.74. The molecule has 0 aliphatic carbocycles. The summed E-state index contributed by atoms with van der Waals surface area (Å²) in [7, 11) is -3.13. The van der Waals surface area contributed by atoms with Gasteiger partial charge in [-0.2, -0.15) is 0 Å². The van der Waals surface area contributed by atoms with E-state index in [1.54, 1.807) is 0 Å². The summed E-state index contributed by atoms with van der Waals surface area (Å²) in [6, 6.07) is 0. The first kappa shape index (κ1) is 15.7. The van der Waals surface area contributed by atoms with Gasteiger partial charge in [-0.05, 0) is 0 Å². The van der Waals surface area contributed by atoms with Crippen molar-refractivity contribution in [3.63, 3.8) is 0 Å². The Morgan fingerprint density at radius 3 is 1.33 bits per heavy atom. The zero-order valence-corrected chi connectivity index (χ0v) is 2.80. The van der Waals surface area contributed by atoms with Gasteiger partial charge in [-0.25, -0.2) is 0 Å². The molecule has 3 nitrogen and oxygen atoms in total. The molecule has 0 aromatic rings. The van der Waals surface area contributed by atoms with Crippen molar-refractivity contribution in [1.82, 2.24) is 0 Å². The Bertz CT molecular complexity index is 33.8. The molecular formula is H8NaO3PSn. The van der Waals surface area contributed by atoms with Crippen LogP contribution in [0.4, 0.5) is 0 Å². The van der Waals surface area contributed by atoms with Crippen molar-refractivity contribution in [3.05, 3.63) is 0 Å². The molecule has 0 heterocycles.